The number of hydrogen-bond acceptors (Lipinski definition) is 3. The molecule has 4 nitrogen and oxygen atoms in total. The van der Waals surface area contributed by atoms with E-state index in [0.717, 1.165) is 29.7 Å². The van der Waals surface area contributed by atoms with Gasteiger partial charge in [-0.25, -0.2) is 4.39 Å². The Bertz CT molecular complexity index is 699. The van der Waals surface area contributed by atoms with Crippen molar-refractivity contribution in [1.29, 1.82) is 0 Å². The monoisotopic (exact) mass is 328 g/mol. The van der Waals surface area contributed by atoms with E-state index < -0.39 is 6.04 Å². The Morgan fingerprint density at radius 3 is 2.58 bits per heavy atom. The molecule has 0 bridgehead atoms. The molecule has 0 unspecified atom stereocenters. The fourth-order valence-corrected chi connectivity index (χ4v) is 2.59. The maximum absolute atomic E-state index is 13.2. The zero-order chi connectivity index (χ0) is 16.9. The molecule has 1 aliphatic rings. The van der Waals surface area contributed by atoms with E-state index in [2.05, 4.69) is 10.6 Å². The maximum Gasteiger partial charge on any atom is 0.241 e. The van der Waals surface area contributed by atoms with E-state index in [4.69, 9.17) is 4.74 Å². The van der Waals surface area contributed by atoms with Gasteiger partial charge in [0.05, 0.1) is 7.11 Å². The summed E-state index contributed by atoms with van der Waals surface area (Å²) in [6, 6.07) is 13.4. The quantitative estimate of drug-likeness (QED) is 0.822. The smallest absolute Gasteiger partial charge is 0.241 e. The van der Waals surface area contributed by atoms with E-state index in [1.165, 1.54) is 12.1 Å². The molecular weight excluding hydrogens is 307 g/mol. The molecule has 1 fully saturated rings. The van der Waals surface area contributed by atoms with Crippen molar-refractivity contribution in [1.82, 2.24) is 10.6 Å². The van der Waals surface area contributed by atoms with Crippen LogP contribution in [-0.4, -0.2) is 19.1 Å². The third-order valence-corrected chi connectivity index (χ3v) is 4.08. The molecule has 0 saturated heterocycles. The first-order valence-electron chi connectivity index (χ1n) is 8.08. The van der Waals surface area contributed by atoms with Gasteiger partial charge in [-0.15, -0.1) is 0 Å². The molecule has 1 aliphatic carbocycles. The standard InChI is InChI=1S/C19H21FN2O2/c1-24-17-5-3-2-4-14(17)12-21-18(19(23)22-16-10-11-16)13-6-8-15(20)9-7-13/h2-9,16,18,21H,10-12H2,1H3,(H,22,23)/t18-/m1/s1. The number of carbonyl (C=O) groups is 1. The Labute approximate surface area is 141 Å². The predicted octanol–water partition coefficient (Wildman–Crippen LogP) is 2.94. The van der Waals surface area contributed by atoms with Crippen molar-refractivity contribution in [3.8, 4) is 5.75 Å². The lowest BCUT2D eigenvalue weighted by Crippen LogP contribution is -2.38. The Balaban J connectivity index is 1.76. The van der Waals surface area contributed by atoms with Crippen molar-refractivity contribution < 1.29 is 13.9 Å². The summed E-state index contributed by atoms with van der Waals surface area (Å²) in [5.74, 6) is 0.370. The van der Waals surface area contributed by atoms with E-state index in [-0.39, 0.29) is 17.8 Å². The molecule has 1 amide bonds. The van der Waals surface area contributed by atoms with Gasteiger partial charge in [-0.1, -0.05) is 30.3 Å². The summed E-state index contributed by atoms with van der Waals surface area (Å²) >= 11 is 0. The molecular formula is C19H21FN2O2. The number of halogens is 1. The highest BCUT2D eigenvalue weighted by Gasteiger charge is 2.28. The maximum atomic E-state index is 13.2. The van der Waals surface area contributed by atoms with Crippen LogP contribution < -0.4 is 15.4 Å². The summed E-state index contributed by atoms with van der Waals surface area (Å²) in [5.41, 5.74) is 1.70. The number of ether oxygens (including phenoxy) is 1. The zero-order valence-corrected chi connectivity index (χ0v) is 13.6. The molecule has 1 atom stereocenters. The minimum absolute atomic E-state index is 0.0843. The number of methoxy groups -OCH3 is 1. The van der Waals surface area contributed by atoms with Gasteiger partial charge in [0.25, 0.3) is 0 Å². The average Bonchev–Trinajstić information content (AvgIpc) is 3.41. The van der Waals surface area contributed by atoms with E-state index in [1.54, 1.807) is 19.2 Å². The molecule has 5 heteroatoms. The van der Waals surface area contributed by atoms with Crippen LogP contribution in [0, 0.1) is 5.82 Å². The van der Waals surface area contributed by atoms with Gasteiger partial charge in [0, 0.05) is 18.2 Å². The minimum Gasteiger partial charge on any atom is -0.496 e. The highest BCUT2D eigenvalue weighted by Crippen LogP contribution is 2.23. The largest absolute Gasteiger partial charge is 0.496 e. The number of para-hydroxylation sites is 1. The number of hydrogen-bond donors (Lipinski definition) is 2. The van der Waals surface area contributed by atoms with Crippen molar-refractivity contribution in [2.45, 2.75) is 31.5 Å². The lowest BCUT2D eigenvalue weighted by Gasteiger charge is -2.20. The third kappa shape index (κ3) is 4.11. The molecule has 0 aromatic heterocycles. The zero-order valence-electron chi connectivity index (χ0n) is 13.6. The first-order chi connectivity index (χ1) is 11.7. The topological polar surface area (TPSA) is 50.4 Å². The van der Waals surface area contributed by atoms with Gasteiger partial charge < -0.3 is 10.1 Å². The highest BCUT2D eigenvalue weighted by molar-refractivity contribution is 5.83. The summed E-state index contributed by atoms with van der Waals surface area (Å²) < 4.78 is 18.5. The molecule has 3 rings (SSSR count). The second-order valence-electron chi connectivity index (χ2n) is 5.96. The van der Waals surface area contributed by atoms with Crippen LogP contribution in [0.4, 0.5) is 4.39 Å². The summed E-state index contributed by atoms with van der Waals surface area (Å²) in [5, 5.41) is 6.27. The van der Waals surface area contributed by atoms with E-state index in [9.17, 15) is 9.18 Å². The molecule has 0 heterocycles. The molecule has 0 spiro atoms. The molecule has 0 radical (unpaired) electrons. The normalized spacial score (nSPS) is 14.9. The molecule has 126 valence electrons. The molecule has 1 saturated carbocycles. The number of amides is 1. The van der Waals surface area contributed by atoms with Gasteiger partial charge >= 0.3 is 0 Å². The molecule has 2 aromatic carbocycles. The lowest BCUT2D eigenvalue weighted by molar-refractivity contribution is -0.123. The fourth-order valence-electron chi connectivity index (χ4n) is 2.59. The Morgan fingerprint density at radius 1 is 1.21 bits per heavy atom. The first kappa shape index (κ1) is 16.5. The molecule has 2 N–H and O–H groups in total. The van der Waals surface area contributed by atoms with E-state index in [0.29, 0.717) is 6.54 Å². The molecule has 0 aliphatic heterocycles. The first-order valence-corrected chi connectivity index (χ1v) is 8.08. The van der Waals surface area contributed by atoms with Gasteiger partial charge in [0.2, 0.25) is 5.91 Å². The minimum atomic E-state index is -0.531. The summed E-state index contributed by atoms with van der Waals surface area (Å²) in [7, 11) is 1.62. The molecule has 24 heavy (non-hydrogen) atoms. The Kier molecular flexibility index (Phi) is 5.11. The second kappa shape index (κ2) is 7.45. The SMILES string of the molecule is COc1ccccc1CN[C@@H](C(=O)NC1CC1)c1ccc(F)cc1. The van der Waals surface area contributed by atoms with Crippen LogP contribution in [0.5, 0.6) is 5.75 Å². The van der Waals surface area contributed by atoms with E-state index in [1.807, 2.05) is 24.3 Å². The number of carbonyl (C=O) groups excluding carboxylic acids is 1. The average molecular weight is 328 g/mol. The van der Waals surface area contributed by atoms with Gasteiger partial charge in [0.15, 0.2) is 0 Å². The van der Waals surface area contributed by atoms with Gasteiger partial charge in [-0.3, -0.25) is 10.1 Å². The summed E-state index contributed by atoms with van der Waals surface area (Å²) in [6.07, 6.45) is 2.04. The third-order valence-electron chi connectivity index (χ3n) is 4.08. The van der Waals surface area contributed by atoms with Crippen LogP contribution in [0.25, 0.3) is 0 Å². The van der Waals surface area contributed by atoms with Crippen LogP contribution in [-0.2, 0) is 11.3 Å². The van der Waals surface area contributed by atoms with Crippen molar-refractivity contribution in [3.63, 3.8) is 0 Å². The highest BCUT2D eigenvalue weighted by atomic mass is 19.1. The van der Waals surface area contributed by atoms with Gasteiger partial charge in [-0.2, -0.15) is 0 Å². The van der Waals surface area contributed by atoms with Crippen LogP contribution in [0.2, 0.25) is 0 Å². The van der Waals surface area contributed by atoms with Crippen molar-refractivity contribution >= 4 is 5.91 Å². The number of benzene rings is 2. The fraction of sp³-hybridized carbons (Fsp3) is 0.316. The van der Waals surface area contributed by atoms with Crippen LogP contribution >= 0.6 is 0 Å². The number of rotatable bonds is 7. The van der Waals surface area contributed by atoms with Gasteiger partial charge in [0.1, 0.15) is 17.6 Å². The molecule has 2 aromatic rings. The predicted molar refractivity (Wildman–Crippen MR) is 90.1 cm³/mol. The summed E-state index contributed by atoms with van der Waals surface area (Å²) in [4.78, 5) is 12.6. The van der Waals surface area contributed by atoms with Crippen molar-refractivity contribution in [2.75, 3.05) is 7.11 Å². The van der Waals surface area contributed by atoms with Crippen molar-refractivity contribution in [2.24, 2.45) is 0 Å². The van der Waals surface area contributed by atoms with Crippen molar-refractivity contribution in [3.05, 3.63) is 65.5 Å². The van der Waals surface area contributed by atoms with E-state index >= 15 is 0 Å². The van der Waals surface area contributed by atoms with Crippen LogP contribution in [0.1, 0.15) is 30.0 Å². The summed E-state index contributed by atoms with van der Waals surface area (Å²) in [6.45, 7) is 0.476. The van der Waals surface area contributed by atoms with Crippen LogP contribution in [0.3, 0.4) is 0 Å². The second-order valence-corrected chi connectivity index (χ2v) is 5.96. The Hall–Kier alpha value is -2.40. The number of nitrogens with one attached hydrogen (secondary N) is 2. The lowest BCUT2D eigenvalue weighted by atomic mass is 10.1. The van der Waals surface area contributed by atoms with Gasteiger partial charge in [-0.05, 0) is 36.6 Å². The Morgan fingerprint density at radius 2 is 1.92 bits per heavy atom. The van der Waals surface area contributed by atoms with Crippen LogP contribution in [0.15, 0.2) is 48.5 Å².